The highest BCUT2D eigenvalue weighted by Crippen LogP contribution is 2.28. The molecule has 1 saturated carbocycles. The van der Waals surface area contributed by atoms with Crippen LogP contribution in [0.2, 0.25) is 0 Å². The molecule has 0 aromatic rings. The van der Waals surface area contributed by atoms with Gasteiger partial charge in [-0.3, -0.25) is 9.59 Å². The predicted molar refractivity (Wildman–Crippen MR) is 65.8 cm³/mol. The van der Waals surface area contributed by atoms with E-state index in [-0.39, 0.29) is 12.6 Å². The van der Waals surface area contributed by atoms with E-state index in [0.29, 0.717) is 0 Å². The maximum Gasteiger partial charge on any atom is 0.308 e. The van der Waals surface area contributed by atoms with Crippen LogP contribution in [-0.4, -0.2) is 54.4 Å². The summed E-state index contributed by atoms with van der Waals surface area (Å²) in [5.74, 6) is -2.17. The van der Waals surface area contributed by atoms with Gasteiger partial charge in [0.25, 0.3) is 0 Å². The van der Waals surface area contributed by atoms with E-state index in [2.05, 4.69) is 0 Å². The van der Waals surface area contributed by atoms with Crippen molar-refractivity contribution < 1.29 is 23.1 Å². The van der Waals surface area contributed by atoms with Crippen molar-refractivity contribution in [3.8, 4) is 0 Å². The number of aliphatic carboxylic acids is 1. The molecule has 18 heavy (non-hydrogen) atoms. The van der Waals surface area contributed by atoms with Crippen LogP contribution in [0.1, 0.15) is 26.7 Å². The minimum Gasteiger partial charge on any atom is -0.481 e. The number of hydrogen-bond acceptors (Lipinski definition) is 4. The lowest BCUT2D eigenvalue weighted by atomic mass is 10.1. The zero-order valence-electron chi connectivity index (χ0n) is 10.8. The zero-order chi connectivity index (χ0) is 14.1. The lowest BCUT2D eigenvalue weighted by Crippen LogP contribution is -2.45. The van der Waals surface area contributed by atoms with Gasteiger partial charge in [0.1, 0.15) is 5.25 Å². The number of carboxylic acids is 1. The highest BCUT2D eigenvalue weighted by atomic mass is 32.2. The first-order valence-electron chi connectivity index (χ1n) is 5.86. The third kappa shape index (κ3) is 3.69. The van der Waals surface area contributed by atoms with Gasteiger partial charge in [0, 0.05) is 18.8 Å². The van der Waals surface area contributed by atoms with Gasteiger partial charge in [-0.1, -0.05) is 6.92 Å². The van der Waals surface area contributed by atoms with E-state index in [1.54, 1.807) is 0 Å². The number of carbonyl (C=O) groups excluding carboxylic acids is 1. The SMILES string of the molecule is CC(CN(C(=O)C(C)S(C)(=O)=O)C1CC1)C(=O)O. The molecule has 1 aliphatic carbocycles. The molecule has 7 heteroatoms. The largest absolute Gasteiger partial charge is 0.481 e. The van der Waals surface area contributed by atoms with Crippen molar-refractivity contribution in [1.82, 2.24) is 4.90 Å². The summed E-state index contributed by atoms with van der Waals surface area (Å²) >= 11 is 0. The Kier molecular flexibility index (Phi) is 4.37. The van der Waals surface area contributed by atoms with Crippen LogP contribution in [0.4, 0.5) is 0 Å². The molecule has 0 saturated heterocycles. The average molecular weight is 277 g/mol. The van der Waals surface area contributed by atoms with Crippen LogP contribution in [-0.2, 0) is 19.4 Å². The summed E-state index contributed by atoms with van der Waals surface area (Å²) in [4.78, 5) is 24.3. The Morgan fingerprint density at radius 3 is 2.17 bits per heavy atom. The van der Waals surface area contributed by atoms with Gasteiger partial charge in [0.15, 0.2) is 9.84 Å². The molecule has 1 aliphatic rings. The predicted octanol–water partition coefficient (Wildman–Crippen LogP) is 0.131. The summed E-state index contributed by atoms with van der Waals surface area (Å²) in [5, 5.41) is 7.75. The molecule has 6 nitrogen and oxygen atoms in total. The Balaban J connectivity index is 2.79. The lowest BCUT2D eigenvalue weighted by molar-refractivity contribution is -0.143. The maximum atomic E-state index is 12.1. The van der Waals surface area contributed by atoms with E-state index < -0.39 is 32.9 Å². The lowest BCUT2D eigenvalue weighted by Gasteiger charge is -2.26. The fraction of sp³-hybridized carbons (Fsp3) is 0.818. The number of hydrogen-bond donors (Lipinski definition) is 1. The molecule has 1 N–H and O–H groups in total. The molecule has 0 aromatic carbocycles. The normalized spacial score (nSPS) is 19.1. The quantitative estimate of drug-likeness (QED) is 0.745. The molecule has 104 valence electrons. The molecule has 1 amide bonds. The number of rotatable bonds is 6. The second-order valence-corrected chi connectivity index (χ2v) is 7.30. The Hall–Kier alpha value is -1.11. The van der Waals surface area contributed by atoms with Gasteiger partial charge in [-0.2, -0.15) is 0 Å². The first-order chi connectivity index (χ1) is 8.14. The molecule has 0 heterocycles. The van der Waals surface area contributed by atoms with Gasteiger partial charge in [-0.05, 0) is 19.8 Å². The molecule has 0 spiro atoms. The van der Waals surface area contributed by atoms with Gasteiger partial charge >= 0.3 is 5.97 Å². The molecular formula is C11H19NO5S. The van der Waals surface area contributed by atoms with E-state index >= 15 is 0 Å². The minimum absolute atomic E-state index is 0.00324. The average Bonchev–Trinajstić information content (AvgIpc) is 3.05. The maximum absolute atomic E-state index is 12.1. The number of nitrogens with zero attached hydrogens (tertiary/aromatic N) is 1. The molecule has 1 fully saturated rings. The van der Waals surface area contributed by atoms with Crippen molar-refractivity contribution in [2.75, 3.05) is 12.8 Å². The van der Waals surface area contributed by atoms with Crippen molar-refractivity contribution >= 4 is 21.7 Å². The highest BCUT2D eigenvalue weighted by molar-refractivity contribution is 7.92. The summed E-state index contributed by atoms with van der Waals surface area (Å²) in [6, 6.07) is 0.00324. The first-order valence-corrected chi connectivity index (χ1v) is 7.82. The van der Waals surface area contributed by atoms with E-state index in [0.717, 1.165) is 19.1 Å². The Morgan fingerprint density at radius 1 is 1.33 bits per heavy atom. The number of amides is 1. The van der Waals surface area contributed by atoms with Crippen LogP contribution in [0.5, 0.6) is 0 Å². The monoisotopic (exact) mass is 277 g/mol. The summed E-state index contributed by atoms with van der Waals surface area (Å²) < 4.78 is 22.8. The van der Waals surface area contributed by atoms with Gasteiger partial charge in [-0.25, -0.2) is 8.42 Å². The van der Waals surface area contributed by atoms with Gasteiger partial charge in [0.05, 0.1) is 5.92 Å². The number of sulfone groups is 1. The number of carbonyl (C=O) groups is 2. The van der Waals surface area contributed by atoms with Crippen LogP contribution >= 0.6 is 0 Å². The topological polar surface area (TPSA) is 91.8 Å². The summed E-state index contributed by atoms with van der Waals surface area (Å²) in [6.07, 6.45) is 2.64. The summed E-state index contributed by atoms with van der Waals surface area (Å²) in [7, 11) is -3.45. The fourth-order valence-electron chi connectivity index (χ4n) is 1.59. The number of carboxylic acid groups (broad SMARTS) is 1. The third-order valence-electron chi connectivity index (χ3n) is 3.15. The van der Waals surface area contributed by atoms with E-state index in [9.17, 15) is 18.0 Å². The first kappa shape index (κ1) is 14.9. The molecule has 0 aliphatic heterocycles. The Morgan fingerprint density at radius 2 is 1.83 bits per heavy atom. The molecule has 0 aromatic heterocycles. The Labute approximate surface area is 107 Å². The van der Waals surface area contributed by atoms with Gasteiger partial charge < -0.3 is 10.0 Å². The van der Waals surface area contributed by atoms with Crippen molar-refractivity contribution in [2.45, 2.75) is 38.0 Å². The van der Waals surface area contributed by atoms with E-state index in [1.165, 1.54) is 18.7 Å². The van der Waals surface area contributed by atoms with Gasteiger partial charge in [0.2, 0.25) is 5.91 Å². The molecular weight excluding hydrogens is 258 g/mol. The fourth-order valence-corrected chi connectivity index (χ4v) is 2.10. The molecule has 1 rings (SSSR count). The van der Waals surface area contributed by atoms with Crippen molar-refractivity contribution in [1.29, 1.82) is 0 Å². The standard InChI is InChI=1S/C11H19NO5S/c1-7(11(14)15)6-12(9-4-5-9)10(13)8(2)18(3,16)17/h7-9H,4-6H2,1-3H3,(H,14,15). The third-order valence-corrected chi connectivity index (χ3v) is 4.64. The molecule has 0 bridgehead atoms. The molecule has 0 radical (unpaired) electrons. The molecule has 2 unspecified atom stereocenters. The second kappa shape index (κ2) is 5.26. The van der Waals surface area contributed by atoms with Crippen molar-refractivity contribution in [2.24, 2.45) is 5.92 Å². The van der Waals surface area contributed by atoms with Crippen molar-refractivity contribution in [3.63, 3.8) is 0 Å². The van der Waals surface area contributed by atoms with Crippen LogP contribution < -0.4 is 0 Å². The minimum atomic E-state index is -3.45. The van der Waals surface area contributed by atoms with Crippen LogP contribution in [0.25, 0.3) is 0 Å². The molecule has 2 atom stereocenters. The smallest absolute Gasteiger partial charge is 0.308 e. The Bertz CT molecular complexity index is 440. The highest BCUT2D eigenvalue weighted by Gasteiger charge is 2.38. The van der Waals surface area contributed by atoms with Crippen molar-refractivity contribution in [3.05, 3.63) is 0 Å². The van der Waals surface area contributed by atoms with Gasteiger partial charge in [-0.15, -0.1) is 0 Å². The second-order valence-electron chi connectivity index (χ2n) is 4.93. The summed E-state index contributed by atoms with van der Waals surface area (Å²) in [5.41, 5.74) is 0. The van der Waals surface area contributed by atoms with Crippen LogP contribution in [0.3, 0.4) is 0 Å². The summed E-state index contributed by atoms with van der Waals surface area (Å²) in [6.45, 7) is 2.92. The van der Waals surface area contributed by atoms with E-state index in [4.69, 9.17) is 5.11 Å². The zero-order valence-corrected chi connectivity index (χ0v) is 11.6. The van der Waals surface area contributed by atoms with Crippen LogP contribution in [0, 0.1) is 5.92 Å². The van der Waals surface area contributed by atoms with Crippen LogP contribution in [0.15, 0.2) is 0 Å². The van der Waals surface area contributed by atoms with E-state index in [1.807, 2.05) is 0 Å².